The SMILES string of the molecule is N#Cc1ccc(Br)cc1Nc1cc(F)cc(Cl)c1. The minimum Gasteiger partial charge on any atom is -0.354 e. The summed E-state index contributed by atoms with van der Waals surface area (Å²) in [6.45, 7) is 0. The third-order valence-electron chi connectivity index (χ3n) is 2.24. The Kier molecular flexibility index (Phi) is 3.85. The normalized spacial score (nSPS) is 9.89. The molecule has 0 unspecified atom stereocenters. The molecular weight excluding hydrogens is 319 g/mol. The molecule has 2 nitrogen and oxygen atoms in total. The number of nitriles is 1. The van der Waals surface area contributed by atoms with Crippen LogP contribution < -0.4 is 5.32 Å². The van der Waals surface area contributed by atoms with Crippen LogP contribution in [0.2, 0.25) is 5.02 Å². The van der Waals surface area contributed by atoms with E-state index in [2.05, 4.69) is 27.3 Å². The summed E-state index contributed by atoms with van der Waals surface area (Å²) in [5.41, 5.74) is 1.56. The van der Waals surface area contributed by atoms with E-state index in [0.717, 1.165) is 4.47 Å². The number of hydrogen-bond donors (Lipinski definition) is 1. The Labute approximate surface area is 117 Å². The van der Waals surface area contributed by atoms with Gasteiger partial charge in [0.25, 0.3) is 0 Å². The molecule has 0 aliphatic rings. The van der Waals surface area contributed by atoms with Crippen molar-refractivity contribution in [3.05, 3.63) is 57.3 Å². The number of nitrogens with zero attached hydrogens (tertiary/aromatic N) is 1. The lowest BCUT2D eigenvalue weighted by Gasteiger charge is -2.09. The Morgan fingerprint density at radius 2 is 2.00 bits per heavy atom. The number of hydrogen-bond acceptors (Lipinski definition) is 2. The Morgan fingerprint density at radius 1 is 1.22 bits per heavy atom. The van der Waals surface area contributed by atoms with Crippen molar-refractivity contribution < 1.29 is 4.39 Å². The van der Waals surface area contributed by atoms with E-state index >= 15 is 0 Å². The van der Waals surface area contributed by atoms with Crippen molar-refractivity contribution >= 4 is 38.9 Å². The summed E-state index contributed by atoms with van der Waals surface area (Å²) in [6, 6.07) is 11.4. The van der Waals surface area contributed by atoms with Crippen molar-refractivity contribution in [1.82, 2.24) is 0 Å². The van der Waals surface area contributed by atoms with E-state index in [-0.39, 0.29) is 0 Å². The highest BCUT2D eigenvalue weighted by atomic mass is 79.9. The lowest BCUT2D eigenvalue weighted by atomic mass is 10.2. The van der Waals surface area contributed by atoms with Gasteiger partial charge in [-0.25, -0.2) is 4.39 Å². The van der Waals surface area contributed by atoms with Crippen LogP contribution in [0.25, 0.3) is 0 Å². The monoisotopic (exact) mass is 324 g/mol. The zero-order valence-electron chi connectivity index (χ0n) is 9.05. The van der Waals surface area contributed by atoms with Crippen LogP contribution >= 0.6 is 27.5 Å². The summed E-state index contributed by atoms with van der Waals surface area (Å²) in [5, 5.41) is 12.3. The van der Waals surface area contributed by atoms with Crippen molar-refractivity contribution in [2.75, 3.05) is 5.32 Å². The second-order valence-corrected chi connectivity index (χ2v) is 4.94. The smallest absolute Gasteiger partial charge is 0.126 e. The summed E-state index contributed by atoms with van der Waals surface area (Å²) >= 11 is 9.09. The van der Waals surface area contributed by atoms with Crippen LogP contribution in [0.15, 0.2) is 40.9 Å². The van der Waals surface area contributed by atoms with E-state index in [9.17, 15) is 4.39 Å². The van der Waals surface area contributed by atoms with E-state index in [0.29, 0.717) is 22.0 Å². The van der Waals surface area contributed by atoms with Crippen LogP contribution in [0.3, 0.4) is 0 Å². The van der Waals surface area contributed by atoms with E-state index in [4.69, 9.17) is 16.9 Å². The predicted octanol–water partition coefficient (Wildman–Crippen LogP) is 4.86. The minimum absolute atomic E-state index is 0.297. The highest BCUT2D eigenvalue weighted by Gasteiger charge is 2.05. The molecule has 0 aromatic heterocycles. The maximum atomic E-state index is 13.2. The highest BCUT2D eigenvalue weighted by Crippen LogP contribution is 2.26. The van der Waals surface area contributed by atoms with E-state index < -0.39 is 5.82 Å². The van der Waals surface area contributed by atoms with Crippen LogP contribution in [0.1, 0.15) is 5.56 Å². The molecule has 0 radical (unpaired) electrons. The quantitative estimate of drug-likeness (QED) is 0.856. The van der Waals surface area contributed by atoms with Gasteiger partial charge in [0.1, 0.15) is 11.9 Å². The van der Waals surface area contributed by atoms with Crippen molar-refractivity contribution in [3.63, 3.8) is 0 Å². The zero-order valence-corrected chi connectivity index (χ0v) is 11.4. The first-order chi connectivity index (χ1) is 8.58. The van der Waals surface area contributed by atoms with E-state index in [1.54, 1.807) is 24.3 Å². The molecule has 0 heterocycles. The third-order valence-corrected chi connectivity index (χ3v) is 2.96. The molecule has 0 atom stereocenters. The van der Waals surface area contributed by atoms with Crippen LogP contribution in [0.4, 0.5) is 15.8 Å². The number of halogens is 3. The molecule has 5 heteroatoms. The van der Waals surface area contributed by atoms with Crippen molar-refractivity contribution in [3.8, 4) is 6.07 Å². The Morgan fingerprint density at radius 3 is 2.67 bits per heavy atom. The zero-order chi connectivity index (χ0) is 13.1. The Hall–Kier alpha value is -1.57. The molecule has 0 aliphatic carbocycles. The van der Waals surface area contributed by atoms with Gasteiger partial charge in [0.05, 0.1) is 11.3 Å². The number of anilines is 2. The van der Waals surface area contributed by atoms with E-state index in [1.807, 2.05) is 0 Å². The van der Waals surface area contributed by atoms with Crippen LogP contribution in [-0.2, 0) is 0 Å². The van der Waals surface area contributed by atoms with Gasteiger partial charge in [0, 0.05) is 15.2 Å². The molecule has 0 fully saturated rings. The molecule has 2 rings (SSSR count). The molecule has 0 spiro atoms. The largest absolute Gasteiger partial charge is 0.354 e. The topological polar surface area (TPSA) is 35.8 Å². The second kappa shape index (κ2) is 5.38. The van der Waals surface area contributed by atoms with Gasteiger partial charge >= 0.3 is 0 Å². The van der Waals surface area contributed by atoms with Crippen LogP contribution in [0.5, 0.6) is 0 Å². The fourth-order valence-electron chi connectivity index (χ4n) is 1.50. The van der Waals surface area contributed by atoms with Crippen LogP contribution in [-0.4, -0.2) is 0 Å². The van der Waals surface area contributed by atoms with Gasteiger partial charge in [-0.1, -0.05) is 27.5 Å². The number of rotatable bonds is 2. The van der Waals surface area contributed by atoms with Gasteiger partial charge in [0.15, 0.2) is 0 Å². The van der Waals surface area contributed by atoms with Gasteiger partial charge in [-0.3, -0.25) is 0 Å². The predicted molar refractivity (Wildman–Crippen MR) is 73.5 cm³/mol. The summed E-state index contributed by atoms with van der Waals surface area (Å²) < 4.78 is 14.0. The third kappa shape index (κ3) is 3.00. The van der Waals surface area contributed by atoms with Crippen LogP contribution in [0, 0.1) is 17.1 Å². The average molecular weight is 326 g/mol. The summed E-state index contributed by atoms with van der Waals surface area (Å²) in [7, 11) is 0. The average Bonchev–Trinajstić information content (AvgIpc) is 2.27. The summed E-state index contributed by atoms with van der Waals surface area (Å²) in [4.78, 5) is 0. The summed E-state index contributed by atoms with van der Waals surface area (Å²) in [6.07, 6.45) is 0. The Bertz CT molecular complexity index is 617. The van der Waals surface area contributed by atoms with Crippen molar-refractivity contribution in [1.29, 1.82) is 5.26 Å². The van der Waals surface area contributed by atoms with Gasteiger partial charge in [-0.05, 0) is 36.4 Å². The maximum Gasteiger partial charge on any atom is 0.126 e. The molecule has 18 heavy (non-hydrogen) atoms. The fraction of sp³-hybridized carbons (Fsp3) is 0. The minimum atomic E-state index is -0.432. The van der Waals surface area contributed by atoms with Crippen molar-refractivity contribution in [2.24, 2.45) is 0 Å². The molecule has 2 aromatic carbocycles. The second-order valence-electron chi connectivity index (χ2n) is 3.58. The first kappa shape index (κ1) is 12.9. The number of nitrogens with one attached hydrogen (secondary N) is 1. The first-order valence-electron chi connectivity index (χ1n) is 5.01. The molecule has 90 valence electrons. The fourth-order valence-corrected chi connectivity index (χ4v) is 2.08. The highest BCUT2D eigenvalue weighted by molar-refractivity contribution is 9.10. The molecule has 2 aromatic rings. The van der Waals surface area contributed by atoms with Gasteiger partial charge < -0.3 is 5.32 Å². The molecule has 0 bridgehead atoms. The molecule has 0 aliphatic heterocycles. The summed E-state index contributed by atoms with van der Waals surface area (Å²) in [5.74, 6) is -0.432. The van der Waals surface area contributed by atoms with E-state index in [1.165, 1.54) is 12.1 Å². The van der Waals surface area contributed by atoms with Gasteiger partial charge in [-0.15, -0.1) is 0 Å². The Balaban J connectivity index is 2.39. The lowest BCUT2D eigenvalue weighted by Crippen LogP contribution is -1.94. The molecule has 0 amide bonds. The lowest BCUT2D eigenvalue weighted by molar-refractivity contribution is 0.628. The molecule has 0 saturated heterocycles. The van der Waals surface area contributed by atoms with Crippen molar-refractivity contribution in [2.45, 2.75) is 0 Å². The van der Waals surface area contributed by atoms with Gasteiger partial charge in [-0.2, -0.15) is 5.26 Å². The molecular formula is C13H7BrClFN2. The maximum absolute atomic E-state index is 13.2. The first-order valence-corrected chi connectivity index (χ1v) is 6.18. The van der Waals surface area contributed by atoms with Gasteiger partial charge in [0.2, 0.25) is 0 Å². The number of benzene rings is 2. The molecule has 1 N–H and O–H groups in total. The molecule has 0 saturated carbocycles. The standard InChI is InChI=1S/C13H7BrClFN2/c14-9-2-1-8(7-17)13(3-9)18-12-5-10(15)4-11(16)6-12/h1-6,18H.